The lowest BCUT2D eigenvalue weighted by Crippen LogP contribution is -2.30. The van der Waals surface area contributed by atoms with Gasteiger partial charge in [0.2, 0.25) is 0 Å². The second-order valence-electron chi connectivity index (χ2n) is 35.1. The Morgan fingerprint density at radius 2 is 0.362 bits per heavy atom. The fourth-order valence-corrected chi connectivity index (χ4v) is 32.7. The minimum absolute atomic E-state index is 0.822. The molecule has 0 saturated heterocycles. The Morgan fingerprint density at radius 3 is 0.592 bits per heavy atom. The van der Waals surface area contributed by atoms with E-state index in [1.54, 1.807) is 0 Å². The molecule has 0 fully saturated rings. The Hall–Kier alpha value is -15.4. The zero-order chi connectivity index (χ0) is 84.7. The standard InChI is InChI=1S/C120H68N4OS5/c125-130(109-61-41-73(69-33-45-77(46-34-69)121-93-25-9-1-17-81(93)113-97(121)53-57-105-117(113)85-21-5-13-29-101(85)126-105)65-89(109)90-66-74(42-62-110(90)130)70-35-47-78(48-36-70)122-94-26-10-2-18-82(94)114-98(122)54-58-106-118(114)86-22-6-14-30-102(86)127-106)111-63-43-75(71-37-49-79(50-38-71)123-95-27-11-3-19-83(95)115-99(123)55-59-107-119(115)87-23-7-15-31-103(87)128-107)67-91(111)92-68-76(44-64-112(92)130)72-39-51-80(52-40-72)124-96-28-12-4-20-84(96)116-100(124)56-60-108-120(116)88-24-8-16-32-104(88)129-108/h1-68H. The molecule has 0 atom stereocenters. The molecule has 0 radical (unpaired) electrons. The van der Waals surface area contributed by atoms with Crippen LogP contribution in [0.5, 0.6) is 0 Å². The lowest BCUT2D eigenvalue weighted by molar-refractivity contribution is 0.658. The summed E-state index contributed by atoms with van der Waals surface area (Å²) in [5.74, 6) is 0. The van der Waals surface area contributed by atoms with E-state index in [4.69, 9.17) is 0 Å². The number of hydrogen-bond acceptors (Lipinski definition) is 5. The molecule has 0 unspecified atom stereocenters. The molecule has 0 bridgehead atoms. The molecule has 30 rings (SSSR count). The molecule has 2 aliphatic heterocycles. The molecule has 20 aromatic carbocycles. The fraction of sp³-hybridized carbons (Fsp3) is 0. The molecule has 604 valence electrons. The number of rotatable bonds is 8. The minimum atomic E-state index is -4.57. The Labute approximate surface area is 760 Å². The van der Waals surface area contributed by atoms with Crippen molar-refractivity contribution < 1.29 is 4.21 Å². The Kier molecular flexibility index (Phi) is 14.5. The predicted octanol–water partition coefficient (Wildman–Crippen LogP) is 34.5. The molecule has 0 amide bonds. The molecule has 28 aromatic rings. The Morgan fingerprint density at radius 1 is 0.162 bits per heavy atom. The van der Waals surface area contributed by atoms with E-state index in [-0.39, 0.29) is 0 Å². The van der Waals surface area contributed by atoms with Crippen molar-refractivity contribution in [2.45, 2.75) is 19.6 Å². The zero-order valence-electron chi connectivity index (χ0n) is 69.5. The highest BCUT2D eigenvalue weighted by Crippen LogP contribution is 2.72. The SMILES string of the molecule is O=S12(c3ccc(-c4ccc(-n5c6ccccc6c6c7c(ccc65)sc5ccccc57)cc4)cc3-c3cc(-c4ccc(-n5c6ccccc6c6c7c(ccc65)sc5ccccc57)cc4)ccc31)c1ccc(-c3ccc(-n4c5ccccc5c5c6c(ccc54)sc4ccccc46)cc3)cc1-c1cc(-c3ccc(-n4c5ccccc5c5c6c(ccc54)sc4ccccc46)cc3)ccc12. The van der Waals surface area contributed by atoms with Gasteiger partial charge < -0.3 is 18.3 Å². The maximum absolute atomic E-state index is 19.6. The van der Waals surface area contributed by atoms with Gasteiger partial charge in [0.1, 0.15) is 0 Å². The monoisotopic (exact) mass is 1740 g/mol. The molecule has 2 aliphatic rings. The first-order valence-corrected chi connectivity index (χ1v) is 49.5. The van der Waals surface area contributed by atoms with Gasteiger partial charge in [0.25, 0.3) is 0 Å². The number of thiophene rings is 4. The van der Waals surface area contributed by atoms with Crippen LogP contribution in [0.1, 0.15) is 0 Å². The second kappa shape index (κ2) is 26.2. The van der Waals surface area contributed by atoms with Crippen molar-refractivity contribution in [1.29, 1.82) is 0 Å². The molecule has 10 heterocycles. The summed E-state index contributed by atoms with van der Waals surface area (Å²) in [6.07, 6.45) is 0. The third-order valence-electron chi connectivity index (χ3n) is 28.7. The van der Waals surface area contributed by atoms with E-state index in [2.05, 4.69) is 431 Å². The molecule has 130 heavy (non-hydrogen) atoms. The maximum atomic E-state index is 19.6. The minimum Gasteiger partial charge on any atom is -0.309 e. The number of hydrogen-bond donors (Lipinski definition) is 0. The number of benzene rings is 20. The van der Waals surface area contributed by atoms with E-state index in [1.807, 2.05) is 45.3 Å². The van der Waals surface area contributed by atoms with E-state index < -0.39 is 9.07 Å². The van der Waals surface area contributed by atoms with Gasteiger partial charge in [0.15, 0.2) is 0 Å². The number of nitrogens with zero attached hydrogens (tertiary/aromatic N) is 4. The molecular weight excluding hydrogens is 1670 g/mol. The molecule has 1 spiro atoms. The summed E-state index contributed by atoms with van der Waals surface area (Å²) in [6, 6.07) is 153. The van der Waals surface area contributed by atoms with E-state index in [0.717, 1.165) is 109 Å². The Balaban J connectivity index is 0.603. The highest BCUT2D eigenvalue weighted by Gasteiger charge is 2.58. The molecule has 8 aromatic heterocycles. The van der Waals surface area contributed by atoms with Crippen LogP contribution >= 0.6 is 45.3 Å². The summed E-state index contributed by atoms with van der Waals surface area (Å²) in [4.78, 5) is 3.29. The van der Waals surface area contributed by atoms with E-state index in [0.29, 0.717) is 0 Å². The van der Waals surface area contributed by atoms with Gasteiger partial charge in [0.05, 0.1) is 44.1 Å². The molecule has 0 saturated carbocycles. The van der Waals surface area contributed by atoms with Gasteiger partial charge in [-0.1, -0.05) is 218 Å². The van der Waals surface area contributed by atoms with E-state index in [9.17, 15) is 0 Å². The van der Waals surface area contributed by atoms with Crippen LogP contribution in [-0.4, -0.2) is 22.5 Å². The van der Waals surface area contributed by atoms with Gasteiger partial charge >= 0.3 is 0 Å². The molecular formula is C120H68N4OS5. The van der Waals surface area contributed by atoms with Gasteiger partial charge in [-0.3, -0.25) is 4.21 Å². The van der Waals surface area contributed by atoms with Gasteiger partial charge in [-0.15, -0.1) is 45.3 Å². The van der Waals surface area contributed by atoms with Crippen molar-refractivity contribution in [2.75, 3.05) is 0 Å². The van der Waals surface area contributed by atoms with Gasteiger partial charge in [-0.05, 0) is 261 Å². The lowest BCUT2D eigenvalue weighted by atomic mass is 9.96. The highest BCUT2D eigenvalue weighted by atomic mass is 32.3. The summed E-state index contributed by atoms with van der Waals surface area (Å²) in [6.45, 7) is 0. The van der Waals surface area contributed by atoms with Crippen LogP contribution in [0.2, 0.25) is 0 Å². The number of para-hydroxylation sites is 4. The average molecular weight is 1740 g/mol. The zero-order valence-corrected chi connectivity index (χ0v) is 73.6. The highest BCUT2D eigenvalue weighted by molar-refractivity contribution is 8.21. The largest absolute Gasteiger partial charge is 0.309 e. The number of fused-ring (bicyclic) bond motifs is 38. The second-order valence-corrected chi connectivity index (χ2v) is 43.1. The lowest BCUT2D eigenvalue weighted by Gasteiger charge is -2.39. The predicted molar refractivity (Wildman–Crippen MR) is 556 cm³/mol. The van der Waals surface area contributed by atoms with Crippen LogP contribution in [0.15, 0.2) is 432 Å². The summed E-state index contributed by atoms with van der Waals surface area (Å²) in [5, 5.41) is 20.5. The quantitative estimate of drug-likeness (QED) is 0.149. The summed E-state index contributed by atoms with van der Waals surface area (Å²) in [5.41, 5.74) is 26.1. The first-order valence-electron chi connectivity index (χ1n) is 44.3. The van der Waals surface area contributed by atoms with E-state index in [1.165, 1.54) is 168 Å². The van der Waals surface area contributed by atoms with Gasteiger partial charge in [-0.25, -0.2) is 0 Å². The maximum Gasteiger partial charge on any atom is 0.0548 e. The van der Waals surface area contributed by atoms with Crippen molar-refractivity contribution in [2.24, 2.45) is 0 Å². The van der Waals surface area contributed by atoms with Crippen LogP contribution in [0.4, 0.5) is 0 Å². The average Bonchev–Trinajstić information content (AvgIpc) is 1.46. The fourth-order valence-electron chi connectivity index (χ4n) is 23.2. The molecule has 0 aliphatic carbocycles. The van der Waals surface area contributed by atoms with Gasteiger partial charge in [0, 0.05) is 175 Å². The normalized spacial score (nSPS) is 13.7. The first-order chi connectivity index (χ1) is 64.3. The molecule has 10 heteroatoms. The van der Waals surface area contributed by atoms with Crippen LogP contribution in [0.3, 0.4) is 0 Å². The molecule has 5 nitrogen and oxygen atoms in total. The summed E-state index contributed by atoms with van der Waals surface area (Å²) >= 11 is 7.46. The van der Waals surface area contributed by atoms with Crippen LogP contribution in [-0.2, 0) is 9.07 Å². The van der Waals surface area contributed by atoms with Crippen LogP contribution in [0, 0.1) is 0 Å². The first kappa shape index (κ1) is 71.7. The van der Waals surface area contributed by atoms with Crippen molar-refractivity contribution in [3.05, 3.63) is 413 Å². The van der Waals surface area contributed by atoms with Crippen molar-refractivity contribution in [3.8, 4) is 89.5 Å². The van der Waals surface area contributed by atoms with Crippen molar-refractivity contribution in [3.63, 3.8) is 0 Å². The van der Waals surface area contributed by atoms with Crippen LogP contribution < -0.4 is 0 Å². The molecule has 0 N–H and O–H groups in total. The van der Waals surface area contributed by atoms with Crippen molar-refractivity contribution >= 4 is 222 Å². The van der Waals surface area contributed by atoms with E-state index >= 15 is 4.21 Å². The topological polar surface area (TPSA) is 36.8 Å². The van der Waals surface area contributed by atoms with Crippen molar-refractivity contribution in [1.82, 2.24) is 18.3 Å². The van der Waals surface area contributed by atoms with Gasteiger partial charge in [-0.2, -0.15) is 0 Å². The summed E-state index contributed by atoms with van der Waals surface area (Å²) < 4.78 is 39.7. The Bertz CT molecular complexity index is 8870. The third-order valence-corrected chi connectivity index (χ3v) is 38.0. The third kappa shape index (κ3) is 9.49. The summed E-state index contributed by atoms with van der Waals surface area (Å²) in [7, 11) is -4.57. The smallest absolute Gasteiger partial charge is 0.0548 e. The van der Waals surface area contributed by atoms with Crippen LogP contribution in [0.25, 0.3) is 257 Å². The number of aromatic nitrogens is 4.